The molecular weight excluding hydrogens is 306 g/mol. The first-order valence-corrected chi connectivity index (χ1v) is 8.74. The molecule has 0 spiro atoms. The average molecular weight is 331 g/mol. The molecule has 24 heavy (non-hydrogen) atoms. The minimum Gasteiger partial charge on any atom is -0.357 e. The molecular formula is C17H25N5O2. The minimum atomic E-state index is -0.432. The number of rotatable bonds is 4. The summed E-state index contributed by atoms with van der Waals surface area (Å²) in [5.41, 5.74) is 0.944. The summed E-state index contributed by atoms with van der Waals surface area (Å²) in [6.07, 6.45) is 7.12. The van der Waals surface area contributed by atoms with Crippen LogP contribution in [0.3, 0.4) is 0 Å². The van der Waals surface area contributed by atoms with Crippen LogP contribution >= 0.6 is 0 Å². The van der Waals surface area contributed by atoms with Crippen molar-refractivity contribution >= 4 is 17.8 Å². The lowest BCUT2D eigenvalue weighted by atomic mass is 10.1. The van der Waals surface area contributed by atoms with E-state index >= 15 is 0 Å². The third kappa shape index (κ3) is 4.37. The number of nitrogens with zero attached hydrogens (tertiary/aromatic N) is 2. The van der Waals surface area contributed by atoms with E-state index in [1.165, 1.54) is 19.3 Å². The summed E-state index contributed by atoms with van der Waals surface area (Å²) < 4.78 is 0. The molecule has 0 unspecified atom stereocenters. The molecule has 7 nitrogen and oxygen atoms in total. The van der Waals surface area contributed by atoms with E-state index < -0.39 is 6.04 Å². The summed E-state index contributed by atoms with van der Waals surface area (Å²) in [7, 11) is 0. The van der Waals surface area contributed by atoms with E-state index in [0.29, 0.717) is 19.5 Å². The molecule has 2 aliphatic heterocycles. The Balaban J connectivity index is 1.45. The fraction of sp³-hybridized carbons (Fsp3) is 0.588. The second-order valence-electron chi connectivity index (χ2n) is 6.39. The first kappa shape index (κ1) is 16.5. The lowest BCUT2D eigenvalue weighted by Crippen LogP contribution is -2.52. The first-order valence-electron chi connectivity index (χ1n) is 8.74. The average Bonchev–Trinajstić information content (AvgIpc) is 2.63. The zero-order valence-corrected chi connectivity index (χ0v) is 13.9. The zero-order valence-electron chi connectivity index (χ0n) is 13.9. The van der Waals surface area contributed by atoms with Gasteiger partial charge in [0, 0.05) is 32.4 Å². The van der Waals surface area contributed by atoms with Crippen molar-refractivity contribution in [2.24, 2.45) is 0 Å². The Kier molecular flexibility index (Phi) is 5.51. The topological polar surface area (TPSA) is 86.4 Å². The van der Waals surface area contributed by atoms with Crippen LogP contribution in [0.4, 0.5) is 10.6 Å². The maximum Gasteiger partial charge on any atom is 0.315 e. The van der Waals surface area contributed by atoms with Crippen LogP contribution in [0.2, 0.25) is 0 Å². The molecule has 2 saturated heterocycles. The molecule has 130 valence electrons. The summed E-state index contributed by atoms with van der Waals surface area (Å²) in [5.74, 6) is 0.894. The number of hydrogen-bond donors (Lipinski definition) is 3. The van der Waals surface area contributed by atoms with Crippen LogP contribution in [-0.4, -0.2) is 42.6 Å². The fourth-order valence-corrected chi connectivity index (χ4v) is 3.13. The van der Waals surface area contributed by atoms with Crippen LogP contribution in [0, 0.1) is 0 Å². The molecule has 7 heteroatoms. The van der Waals surface area contributed by atoms with Gasteiger partial charge in [-0.15, -0.1) is 0 Å². The highest BCUT2D eigenvalue weighted by atomic mass is 16.2. The standard InChI is InChI=1S/C17H25N5O2/c23-16-14(5-4-8-18-16)21-17(24)20-12-13-6-7-15(19-11-13)22-9-2-1-3-10-22/h6-7,11,14H,1-5,8-10,12H2,(H,18,23)(H2,20,21,24)/t14-/m1/s1. The summed E-state index contributed by atoms with van der Waals surface area (Å²) in [5, 5.41) is 8.25. The number of aromatic nitrogens is 1. The van der Waals surface area contributed by atoms with Gasteiger partial charge in [-0.1, -0.05) is 6.07 Å². The molecule has 2 aliphatic rings. The summed E-state index contributed by atoms with van der Waals surface area (Å²) in [6.45, 7) is 3.22. The van der Waals surface area contributed by atoms with Crippen LogP contribution in [0.15, 0.2) is 18.3 Å². The van der Waals surface area contributed by atoms with Gasteiger partial charge in [0.15, 0.2) is 0 Å². The van der Waals surface area contributed by atoms with E-state index in [4.69, 9.17) is 0 Å². The van der Waals surface area contributed by atoms with Crippen LogP contribution in [0.25, 0.3) is 0 Å². The molecule has 1 aromatic heterocycles. The van der Waals surface area contributed by atoms with Gasteiger partial charge < -0.3 is 20.9 Å². The Morgan fingerprint density at radius 2 is 2.08 bits per heavy atom. The number of urea groups is 1. The van der Waals surface area contributed by atoms with Crippen molar-refractivity contribution in [3.63, 3.8) is 0 Å². The monoisotopic (exact) mass is 331 g/mol. The van der Waals surface area contributed by atoms with Gasteiger partial charge in [-0.2, -0.15) is 0 Å². The maximum absolute atomic E-state index is 11.9. The number of anilines is 1. The quantitative estimate of drug-likeness (QED) is 0.772. The van der Waals surface area contributed by atoms with Crippen LogP contribution in [0.1, 0.15) is 37.7 Å². The molecule has 3 N–H and O–H groups in total. The summed E-state index contributed by atoms with van der Waals surface area (Å²) in [4.78, 5) is 30.3. The van der Waals surface area contributed by atoms with Crippen molar-refractivity contribution in [2.45, 2.75) is 44.7 Å². The smallest absolute Gasteiger partial charge is 0.315 e. The second kappa shape index (κ2) is 7.99. The SMILES string of the molecule is O=C(NCc1ccc(N2CCCCC2)nc1)N[C@@H]1CCCNC1=O. The van der Waals surface area contributed by atoms with E-state index in [1.54, 1.807) is 6.20 Å². The number of hydrogen-bond acceptors (Lipinski definition) is 4. The molecule has 0 aromatic carbocycles. The second-order valence-corrected chi connectivity index (χ2v) is 6.39. The number of carbonyl (C=O) groups excluding carboxylic acids is 2. The Bertz CT molecular complexity index is 569. The van der Waals surface area contributed by atoms with Crippen molar-refractivity contribution < 1.29 is 9.59 Å². The predicted molar refractivity (Wildman–Crippen MR) is 91.7 cm³/mol. The van der Waals surface area contributed by atoms with Crippen LogP contribution in [0.5, 0.6) is 0 Å². The van der Waals surface area contributed by atoms with Gasteiger partial charge in [0.05, 0.1) is 0 Å². The lowest BCUT2D eigenvalue weighted by molar-refractivity contribution is -0.124. The van der Waals surface area contributed by atoms with Crippen LogP contribution < -0.4 is 20.9 Å². The van der Waals surface area contributed by atoms with Gasteiger partial charge in [-0.05, 0) is 43.7 Å². The van der Waals surface area contributed by atoms with E-state index in [1.807, 2.05) is 12.1 Å². The zero-order chi connectivity index (χ0) is 16.8. The molecule has 3 amide bonds. The van der Waals surface area contributed by atoms with E-state index in [2.05, 4.69) is 25.8 Å². The number of nitrogens with one attached hydrogen (secondary N) is 3. The number of amides is 3. The van der Waals surface area contributed by atoms with Gasteiger partial charge in [0.1, 0.15) is 11.9 Å². The first-order chi connectivity index (χ1) is 11.7. The van der Waals surface area contributed by atoms with E-state index in [0.717, 1.165) is 30.9 Å². The van der Waals surface area contributed by atoms with E-state index in [-0.39, 0.29) is 11.9 Å². The van der Waals surface area contributed by atoms with Gasteiger partial charge in [0.25, 0.3) is 0 Å². The summed E-state index contributed by atoms with van der Waals surface area (Å²) >= 11 is 0. The Hall–Kier alpha value is -2.31. The molecule has 3 heterocycles. The van der Waals surface area contributed by atoms with Gasteiger partial charge in [-0.3, -0.25) is 4.79 Å². The maximum atomic E-state index is 11.9. The number of carbonyl (C=O) groups is 2. The third-order valence-electron chi connectivity index (χ3n) is 4.53. The molecule has 1 atom stereocenters. The highest BCUT2D eigenvalue weighted by Gasteiger charge is 2.23. The fourth-order valence-electron chi connectivity index (χ4n) is 3.13. The normalized spacial score (nSPS) is 21.1. The molecule has 0 radical (unpaired) electrons. The Morgan fingerprint density at radius 1 is 1.25 bits per heavy atom. The Morgan fingerprint density at radius 3 is 2.79 bits per heavy atom. The van der Waals surface area contributed by atoms with Crippen molar-refractivity contribution in [1.29, 1.82) is 0 Å². The lowest BCUT2D eigenvalue weighted by Gasteiger charge is -2.27. The third-order valence-corrected chi connectivity index (χ3v) is 4.53. The molecule has 0 saturated carbocycles. The molecule has 0 aliphatic carbocycles. The highest BCUT2D eigenvalue weighted by Crippen LogP contribution is 2.17. The minimum absolute atomic E-state index is 0.107. The van der Waals surface area contributed by atoms with Crippen molar-refractivity contribution in [1.82, 2.24) is 20.9 Å². The summed E-state index contributed by atoms with van der Waals surface area (Å²) in [6, 6.07) is 3.25. The molecule has 0 bridgehead atoms. The van der Waals surface area contributed by atoms with E-state index in [9.17, 15) is 9.59 Å². The molecule has 1 aromatic rings. The Labute approximate surface area is 142 Å². The molecule has 2 fully saturated rings. The van der Waals surface area contributed by atoms with Crippen molar-refractivity contribution in [3.05, 3.63) is 23.9 Å². The van der Waals surface area contributed by atoms with Crippen LogP contribution in [-0.2, 0) is 11.3 Å². The number of pyridine rings is 1. The number of piperidine rings is 2. The predicted octanol–water partition coefficient (Wildman–Crippen LogP) is 1.15. The van der Waals surface area contributed by atoms with Gasteiger partial charge >= 0.3 is 6.03 Å². The van der Waals surface area contributed by atoms with Crippen molar-refractivity contribution in [3.8, 4) is 0 Å². The largest absolute Gasteiger partial charge is 0.357 e. The van der Waals surface area contributed by atoms with Gasteiger partial charge in [-0.25, -0.2) is 9.78 Å². The van der Waals surface area contributed by atoms with Gasteiger partial charge in [0.2, 0.25) is 5.91 Å². The van der Waals surface area contributed by atoms with Crippen molar-refractivity contribution in [2.75, 3.05) is 24.5 Å². The molecule has 3 rings (SSSR count). The highest BCUT2D eigenvalue weighted by molar-refractivity contribution is 5.87.